The Morgan fingerprint density at radius 3 is 2.57 bits per heavy atom. The monoisotopic (exact) mass is 375 g/mol. The number of imidazole rings is 1. The van der Waals surface area contributed by atoms with Crippen molar-refractivity contribution >= 4 is 22.9 Å². The number of rotatable bonds is 5. The number of nitrogens with zero attached hydrogens (tertiary/aromatic N) is 3. The summed E-state index contributed by atoms with van der Waals surface area (Å²) in [6.45, 7) is 0.858. The first kappa shape index (κ1) is 17.7. The predicted octanol–water partition coefficient (Wildman–Crippen LogP) is 4.06. The number of para-hydroxylation sites is 1. The summed E-state index contributed by atoms with van der Waals surface area (Å²) in [4.78, 5) is 21.1. The first-order valence-corrected chi connectivity index (χ1v) is 8.88. The van der Waals surface area contributed by atoms with Gasteiger partial charge in [-0.2, -0.15) is 0 Å². The zero-order valence-corrected chi connectivity index (χ0v) is 15.0. The number of carbonyl (C=O) groups excluding carboxylic acids is 1. The SMILES string of the molecule is O=C(NCCn1c(-c2ccc(F)cc2)nc2cccnc21)Nc1ccccc1. The van der Waals surface area contributed by atoms with Gasteiger partial charge in [0.1, 0.15) is 17.2 Å². The number of amides is 2. The molecule has 0 bridgehead atoms. The molecule has 0 radical (unpaired) electrons. The molecular formula is C21H18FN5O. The Bertz CT molecular complexity index is 1090. The zero-order chi connectivity index (χ0) is 19.3. The lowest BCUT2D eigenvalue weighted by molar-refractivity contribution is 0.251. The number of carbonyl (C=O) groups is 1. The van der Waals surface area contributed by atoms with Crippen LogP contribution in [0.1, 0.15) is 0 Å². The Balaban J connectivity index is 1.52. The van der Waals surface area contributed by atoms with Crippen LogP contribution in [0.25, 0.3) is 22.6 Å². The van der Waals surface area contributed by atoms with Crippen LogP contribution in [0.5, 0.6) is 0 Å². The number of anilines is 1. The van der Waals surface area contributed by atoms with E-state index in [4.69, 9.17) is 0 Å². The third-order valence-corrected chi connectivity index (χ3v) is 4.26. The van der Waals surface area contributed by atoms with E-state index in [1.165, 1.54) is 12.1 Å². The molecule has 0 unspecified atom stereocenters. The van der Waals surface area contributed by atoms with Crippen LogP contribution in [0.15, 0.2) is 72.9 Å². The second-order valence-electron chi connectivity index (χ2n) is 6.19. The highest BCUT2D eigenvalue weighted by atomic mass is 19.1. The molecule has 2 aromatic heterocycles. The molecular weight excluding hydrogens is 357 g/mol. The second kappa shape index (κ2) is 7.87. The fourth-order valence-corrected chi connectivity index (χ4v) is 2.97. The quantitative estimate of drug-likeness (QED) is 0.553. The number of aromatic nitrogens is 3. The van der Waals surface area contributed by atoms with Gasteiger partial charge >= 0.3 is 6.03 Å². The van der Waals surface area contributed by atoms with Gasteiger partial charge < -0.3 is 15.2 Å². The van der Waals surface area contributed by atoms with Crippen molar-refractivity contribution in [2.75, 3.05) is 11.9 Å². The van der Waals surface area contributed by atoms with Crippen LogP contribution in [0, 0.1) is 5.82 Å². The van der Waals surface area contributed by atoms with E-state index < -0.39 is 0 Å². The Hall–Kier alpha value is -3.74. The molecule has 2 N–H and O–H groups in total. The van der Waals surface area contributed by atoms with Gasteiger partial charge in [0.05, 0.1) is 0 Å². The van der Waals surface area contributed by atoms with Gasteiger partial charge in [-0.1, -0.05) is 18.2 Å². The van der Waals surface area contributed by atoms with Crippen LogP contribution in [-0.4, -0.2) is 27.1 Å². The van der Waals surface area contributed by atoms with E-state index in [0.29, 0.717) is 24.6 Å². The minimum Gasteiger partial charge on any atom is -0.336 e. The molecule has 0 saturated carbocycles. The molecule has 0 fully saturated rings. The Morgan fingerprint density at radius 1 is 1.00 bits per heavy atom. The van der Waals surface area contributed by atoms with Crippen molar-refractivity contribution in [1.29, 1.82) is 0 Å². The number of halogens is 1. The van der Waals surface area contributed by atoms with Crippen LogP contribution in [0.3, 0.4) is 0 Å². The van der Waals surface area contributed by atoms with Crippen molar-refractivity contribution in [2.45, 2.75) is 6.54 Å². The molecule has 2 heterocycles. The van der Waals surface area contributed by atoms with E-state index >= 15 is 0 Å². The molecule has 2 aromatic carbocycles. The molecule has 0 aliphatic heterocycles. The van der Waals surface area contributed by atoms with Gasteiger partial charge in [0.25, 0.3) is 0 Å². The van der Waals surface area contributed by atoms with E-state index in [-0.39, 0.29) is 11.8 Å². The fraction of sp³-hybridized carbons (Fsp3) is 0.0952. The standard InChI is InChI=1S/C21H18FN5O/c22-16-10-8-15(9-11-16)19-26-18-7-4-12-23-20(18)27(19)14-13-24-21(28)25-17-5-2-1-3-6-17/h1-12H,13-14H2,(H2,24,25,28). The Labute approximate surface area is 161 Å². The number of hydrogen-bond acceptors (Lipinski definition) is 3. The average Bonchev–Trinajstić information content (AvgIpc) is 3.08. The molecule has 4 aromatic rings. The van der Waals surface area contributed by atoms with Crippen molar-refractivity contribution in [3.63, 3.8) is 0 Å². The largest absolute Gasteiger partial charge is 0.336 e. The number of fused-ring (bicyclic) bond motifs is 1. The van der Waals surface area contributed by atoms with Crippen LogP contribution >= 0.6 is 0 Å². The lowest BCUT2D eigenvalue weighted by Crippen LogP contribution is -2.31. The van der Waals surface area contributed by atoms with Crippen LogP contribution < -0.4 is 10.6 Å². The smallest absolute Gasteiger partial charge is 0.319 e. The van der Waals surface area contributed by atoms with Gasteiger partial charge in [-0.15, -0.1) is 0 Å². The average molecular weight is 375 g/mol. The van der Waals surface area contributed by atoms with Gasteiger partial charge in [0.15, 0.2) is 5.65 Å². The highest BCUT2D eigenvalue weighted by molar-refractivity contribution is 5.89. The summed E-state index contributed by atoms with van der Waals surface area (Å²) in [6.07, 6.45) is 1.70. The summed E-state index contributed by atoms with van der Waals surface area (Å²) >= 11 is 0. The summed E-state index contributed by atoms with van der Waals surface area (Å²) in [7, 11) is 0. The molecule has 0 saturated heterocycles. The first-order chi connectivity index (χ1) is 13.7. The zero-order valence-electron chi connectivity index (χ0n) is 15.0. The van der Waals surface area contributed by atoms with Gasteiger partial charge in [-0.25, -0.2) is 19.2 Å². The van der Waals surface area contributed by atoms with E-state index in [1.807, 2.05) is 47.0 Å². The van der Waals surface area contributed by atoms with Crippen molar-refractivity contribution in [3.05, 3.63) is 78.7 Å². The normalized spacial score (nSPS) is 10.8. The van der Waals surface area contributed by atoms with Crippen molar-refractivity contribution < 1.29 is 9.18 Å². The van der Waals surface area contributed by atoms with Crippen LogP contribution in [0.4, 0.5) is 14.9 Å². The summed E-state index contributed by atoms with van der Waals surface area (Å²) in [6, 6.07) is 18.8. The molecule has 4 rings (SSSR count). The molecule has 28 heavy (non-hydrogen) atoms. The van der Waals surface area contributed by atoms with E-state index in [2.05, 4.69) is 20.6 Å². The highest BCUT2D eigenvalue weighted by Gasteiger charge is 2.13. The Morgan fingerprint density at radius 2 is 1.79 bits per heavy atom. The lowest BCUT2D eigenvalue weighted by Gasteiger charge is -2.11. The fourth-order valence-electron chi connectivity index (χ4n) is 2.97. The molecule has 7 heteroatoms. The maximum absolute atomic E-state index is 13.3. The van der Waals surface area contributed by atoms with E-state index in [0.717, 1.165) is 16.8 Å². The molecule has 6 nitrogen and oxygen atoms in total. The number of urea groups is 1. The van der Waals surface area contributed by atoms with Crippen LogP contribution in [-0.2, 0) is 6.54 Å². The summed E-state index contributed by atoms with van der Waals surface area (Å²) in [5.41, 5.74) is 2.97. The second-order valence-corrected chi connectivity index (χ2v) is 6.19. The summed E-state index contributed by atoms with van der Waals surface area (Å²) in [5.74, 6) is 0.378. The number of pyridine rings is 1. The molecule has 0 aliphatic carbocycles. The lowest BCUT2D eigenvalue weighted by atomic mass is 10.2. The third kappa shape index (κ3) is 3.83. The van der Waals surface area contributed by atoms with Crippen molar-refractivity contribution in [1.82, 2.24) is 19.9 Å². The van der Waals surface area contributed by atoms with Gasteiger partial charge in [-0.3, -0.25) is 0 Å². The minimum atomic E-state index is -0.302. The number of nitrogens with one attached hydrogen (secondary N) is 2. The molecule has 0 atom stereocenters. The first-order valence-electron chi connectivity index (χ1n) is 8.88. The Kier molecular flexibility index (Phi) is 4.97. The molecule has 140 valence electrons. The van der Waals surface area contributed by atoms with Crippen LogP contribution in [0.2, 0.25) is 0 Å². The molecule has 0 aliphatic rings. The topological polar surface area (TPSA) is 71.8 Å². The maximum Gasteiger partial charge on any atom is 0.319 e. The van der Waals surface area contributed by atoms with Crippen molar-refractivity contribution in [2.24, 2.45) is 0 Å². The predicted molar refractivity (Wildman–Crippen MR) is 106 cm³/mol. The van der Waals surface area contributed by atoms with Crippen molar-refractivity contribution in [3.8, 4) is 11.4 Å². The van der Waals surface area contributed by atoms with Gasteiger partial charge in [-0.05, 0) is 48.5 Å². The number of hydrogen-bond donors (Lipinski definition) is 2. The molecule has 2 amide bonds. The van der Waals surface area contributed by atoms with E-state index in [1.54, 1.807) is 18.3 Å². The maximum atomic E-state index is 13.3. The van der Waals surface area contributed by atoms with Gasteiger partial charge in [0.2, 0.25) is 0 Å². The number of benzene rings is 2. The summed E-state index contributed by atoms with van der Waals surface area (Å²) in [5, 5.41) is 5.61. The minimum absolute atomic E-state index is 0.285. The highest BCUT2D eigenvalue weighted by Crippen LogP contribution is 2.23. The third-order valence-electron chi connectivity index (χ3n) is 4.26. The molecule has 0 spiro atoms. The van der Waals surface area contributed by atoms with E-state index in [9.17, 15) is 9.18 Å². The summed E-state index contributed by atoms with van der Waals surface area (Å²) < 4.78 is 15.2. The van der Waals surface area contributed by atoms with Gasteiger partial charge in [0, 0.05) is 30.5 Å².